The SMILES string of the molecule is CC(C)[C@H](Nc1nc(=O)n(C(C)C)c(=O)[nH]1)C1CCCCC1. The van der Waals surface area contributed by atoms with Crippen molar-refractivity contribution in [2.75, 3.05) is 5.32 Å². The van der Waals surface area contributed by atoms with Crippen LogP contribution in [-0.2, 0) is 0 Å². The molecule has 0 saturated heterocycles. The van der Waals surface area contributed by atoms with Gasteiger partial charge in [0.05, 0.1) is 0 Å². The van der Waals surface area contributed by atoms with E-state index >= 15 is 0 Å². The topological polar surface area (TPSA) is 79.8 Å². The van der Waals surface area contributed by atoms with Crippen LogP contribution in [0.2, 0.25) is 0 Å². The zero-order valence-electron chi connectivity index (χ0n) is 14.1. The summed E-state index contributed by atoms with van der Waals surface area (Å²) in [5, 5.41) is 3.32. The van der Waals surface area contributed by atoms with Gasteiger partial charge < -0.3 is 5.32 Å². The van der Waals surface area contributed by atoms with E-state index in [4.69, 9.17) is 0 Å². The van der Waals surface area contributed by atoms with Gasteiger partial charge >= 0.3 is 11.4 Å². The normalized spacial score (nSPS) is 17.9. The lowest BCUT2D eigenvalue weighted by atomic mass is 9.80. The van der Waals surface area contributed by atoms with Gasteiger partial charge in [0, 0.05) is 12.1 Å². The Hall–Kier alpha value is -1.59. The maximum Gasteiger partial charge on any atom is 0.355 e. The number of nitrogens with zero attached hydrogens (tertiary/aromatic N) is 2. The predicted octanol–water partition coefficient (Wildman–Crippen LogP) is 2.53. The van der Waals surface area contributed by atoms with E-state index in [-0.39, 0.29) is 12.1 Å². The smallest absolute Gasteiger partial charge is 0.352 e. The molecule has 1 saturated carbocycles. The van der Waals surface area contributed by atoms with Crippen molar-refractivity contribution in [2.24, 2.45) is 11.8 Å². The molecular weight excluding hydrogens is 280 g/mol. The number of aromatic nitrogens is 3. The third kappa shape index (κ3) is 3.78. The van der Waals surface area contributed by atoms with Gasteiger partial charge in [0.1, 0.15) is 0 Å². The van der Waals surface area contributed by atoms with Crippen molar-refractivity contribution in [3.05, 3.63) is 21.0 Å². The summed E-state index contributed by atoms with van der Waals surface area (Å²) in [6, 6.07) is 0.0368. The number of anilines is 1. The number of H-pyrrole nitrogens is 1. The molecule has 0 amide bonds. The molecule has 1 heterocycles. The number of nitrogens with one attached hydrogen (secondary N) is 2. The van der Waals surface area contributed by atoms with Gasteiger partial charge in [-0.05, 0) is 38.5 Å². The molecular formula is C16H28N4O2. The van der Waals surface area contributed by atoms with Crippen LogP contribution < -0.4 is 16.7 Å². The zero-order valence-corrected chi connectivity index (χ0v) is 14.1. The molecule has 6 heteroatoms. The maximum absolute atomic E-state index is 12.1. The van der Waals surface area contributed by atoms with E-state index in [2.05, 4.69) is 29.1 Å². The fourth-order valence-electron chi connectivity index (χ4n) is 3.43. The van der Waals surface area contributed by atoms with Gasteiger partial charge in [-0.15, -0.1) is 0 Å². The average molecular weight is 308 g/mol. The summed E-state index contributed by atoms with van der Waals surface area (Å²) in [7, 11) is 0. The van der Waals surface area contributed by atoms with Crippen LogP contribution in [0.1, 0.15) is 65.8 Å². The van der Waals surface area contributed by atoms with Crippen LogP contribution in [0.25, 0.3) is 0 Å². The lowest BCUT2D eigenvalue weighted by molar-refractivity contribution is 0.276. The van der Waals surface area contributed by atoms with Crippen LogP contribution in [0, 0.1) is 11.8 Å². The van der Waals surface area contributed by atoms with Crippen LogP contribution in [0.5, 0.6) is 0 Å². The monoisotopic (exact) mass is 308 g/mol. The summed E-state index contributed by atoms with van der Waals surface area (Å²) in [5.41, 5.74) is -0.893. The minimum absolute atomic E-state index is 0.197. The minimum Gasteiger partial charge on any atom is -0.352 e. The Balaban J connectivity index is 2.23. The summed E-state index contributed by atoms with van der Waals surface area (Å²) in [6.07, 6.45) is 6.22. The largest absolute Gasteiger partial charge is 0.355 e. The predicted molar refractivity (Wildman–Crippen MR) is 88.3 cm³/mol. The van der Waals surface area contributed by atoms with Crippen LogP contribution in [0.3, 0.4) is 0 Å². The summed E-state index contributed by atoms with van der Waals surface area (Å²) in [5.74, 6) is 1.30. The van der Waals surface area contributed by atoms with E-state index in [0.29, 0.717) is 17.8 Å². The standard InChI is InChI=1S/C16H28N4O2/c1-10(2)13(12-8-6-5-7-9-12)17-14-18-15(21)20(11(3)4)16(22)19-14/h10-13H,5-9H2,1-4H3,(H2,17,18,19,21,22)/t13-/m0/s1. The first-order chi connectivity index (χ1) is 10.4. The molecule has 0 unspecified atom stereocenters. The van der Waals surface area contributed by atoms with E-state index in [0.717, 1.165) is 4.57 Å². The van der Waals surface area contributed by atoms with Crippen LogP contribution in [0.4, 0.5) is 5.95 Å². The van der Waals surface area contributed by atoms with Gasteiger partial charge in [-0.3, -0.25) is 4.98 Å². The van der Waals surface area contributed by atoms with E-state index in [1.54, 1.807) is 13.8 Å². The minimum atomic E-state index is -0.493. The molecule has 0 spiro atoms. The van der Waals surface area contributed by atoms with Gasteiger partial charge in [-0.25, -0.2) is 14.2 Å². The number of hydrogen-bond acceptors (Lipinski definition) is 4. The van der Waals surface area contributed by atoms with Gasteiger partial charge in [-0.1, -0.05) is 33.1 Å². The van der Waals surface area contributed by atoms with Crippen LogP contribution >= 0.6 is 0 Å². The second-order valence-electron chi connectivity index (χ2n) is 6.95. The fourth-order valence-corrected chi connectivity index (χ4v) is 3.43. The summed E-state index contributed by atoms with van der Waals surface area (Å²) < 4.78 is 1.14. The summed E-state index contributed by atoms with van der Waals surface area (Å²) in [4.78, 5) is 30.8. The average Bonchev–Trinajstić information content (AvgIpc) is 2.44. The van der Waals surface area contributed by atoms with Crippen LogP contribution in [0.15, 0.2) is 9.59 Å². The molecule has 1 aliphatic rings. The molecule has 22 heavy (non-hydrogen) atoms. The molecule has 2 N–H and O–H groups in total. The molecule has 1 fully saturated rings. The Morgan fingerprint density at radius 1 is 1.14 bits per heavy atom. The third-order valence-corrected chi connectivity index (χ3v) is 4.55. The highest BCUT2D eigenvalue weighted by Gasteiger charge is 2.27. The first-order valence-electron chi connectivity index (χ1n) is 8.39. The van der Waals surface area contributed by atoms with Gasteiger partial charge in [-0.2, -0.15) is 4.98 Å². The second-order valence-corrected chi connectivity index (χ2v) is 6.95. The highest BCUT2D eigenvalue weighted by Crippen LogP contribution is 2.30. The highest BCUT2D eigenvalue weighted by atomic mass is 16.2. The Morgan fingerprint density at radius 2 is 1.77 bits per heavy atom. The second kappa shape index (κ2) is 7.11. The van der Waals surface area contributed by atoms with Gasteiger partial charge in [0.15, 0.2) is 0 Å². The maximum atomic E-state index is 12.1. The van der Waals surface area contributed by atoms with Crippen molar-refractivity contribution in [1.29, 1.82) is 0 Å². The third-order valence-electron chi connectivity index (χ3n) is 4.55. The molecule has 0 radical (unpaired) electrons. The molecule has 2 rings (SSSR count). The number of aromatic amines is 1. The van der Waals surface area contributed by atoms with Gasteiger partial charge in [0.25, 0.3) is 0 Å². The van der Waals surface area contributed by atoms with Crippen molar-refractivity contribution in [3.63, 3.8) is 0 Å². The first-order valence-corrected chi connectivity index (χ1v) is 8.39. The fraction of sp³-hybridized carbons (Fsp3) is 0.812. The Labute approximate surface area is 131 Å². The van der Waals surface area contributed by atoms with Crippen molar-refractivity contribution >= 4 is 5.95 Å². The van der Waals surface area contributed by atoms with Crippen molar-refractivity contribution in [2.45, 2.75) is 71.9 Å². The van der Waals surface area contributed by atoms with E-state index in [9.17, 15) is 9.59 Å². The molecule has 6 nitrogen and oxygen atoms in total. The van der Waals surface area contributed by atoms with E-state index in [1.165, 1.54) is 32.1 Å². The first kappa shape index (κ1) is 16.8. The van der Waals surface area contributed by atoms with Crippen molar-refractivity contribution in [3.8, 4) is 0 Å². The summed E-state index contributed by atoms with van der Waals surface area (Å²) >= 11 is 0. The van der Waals surface area contributed by atoms with Gasteiger partial charge in [0.2, 0.25) is 5.95 Å². The Bertz CT molecular complexity index is 566. The molecule has 124 valence electrons. The summed E-state index contributed by atoms with van der Waals surface area (Å²) in [6.45, 7) is 7.92. The van der Waals surface area contributed by atoms with Crippen LogP contribution in [-0.4, -0.2) is 20.6 Å². The van der Waals surface area contributed by atoms with E-state index in [1.807, 2.05) is 0 Å². The lowest BCUT2D eigenvalue weighted by Crippen LogP contribution is -2.42. The molecule has 1 aromatic heterocycles. The molecule has 1 atom stereocenters. The Kier molecular flexibility index (Phi) is 5.42. The van der Waals surface area contributed by atoms with Crippen molar-refractivity contribution < 1.29 is 0 Å². The Morgan fingerprint density at radius 3 is 2.27 bits per heavy atom. The molecule has 0 aliphatic heterocycles. The molecule has 0 aromatic carbocycles. The highest BCUT2D eigenvalue weighted by molar-refractivity contribution is 5.24. The quantitative estimate of drug-likeness (QED) is 0.876. The number of rotatable bonds is 5. The molecule has 1 aliphatic carbocycles. The van der Waals surface area contributed by atoms with E-state index < -0.39 is 11.4 Å². The molecule has 1 aromatic rings. The zero-order chi connectivity index (χ0) is 16.3. The number of hydrogen-bond donors (Lipinski definition) is 2. The lowest BCUT2D eigenvalue weighted by Gasteiger charge is -2.33. The van der Waals surface area contributed by atoms with Crippen molar-refractivity contribution in [1.82, 2.24) is 14.5 Å². The molecule has 0 bridgehead atoms.